The van der Waals surface area contributed by atoms with Crippen molar-refractivity contribution in [2.45, 2.75) is 26.1 Å². The van der Waals surface area contributed by atoms with E-state index in [0.717, 1.165) is 29.5 Å². The Labute approximate surface area is 110 Å². The molecule has 1 fully saturated rings. The van der Waals surface area contributed by atoms with E-state index in [1.54, 1.807) is 0 Å². The molecular formula is C13H16BrNO2. The lowest BCUT2D eigenvalue weighted by Crippen LogP contribution is -2.45. The van der Waals surface area contributed by atoms with Crippen molar-refractivity contribution in [3.8, 4) is 0 Å². The van der Waals surface area contributed by atoms with E-state index >= 15 is 0 Å². The molecule has 1 heterocycles. The molecule has 1 aromatic rings. The molecule has 0 aromatic heterocycles. The zero-order valence-electron chi connectivity index (χ0n) is 10.0. The predicted molar refractivity (Wildman–Crippen MR) is 71.8 cm³/mol. The van der Waals surface area contributed by atoms with Crippen LogP contribution in [0.15, 0.2) is 22.7 Å². The summed E-state index contributed by atoms with van der Waals surface area (Å²) >= 11 is 3.52. The number of carbonyl (C=O) groups is 1. The molecule has 3 nitrogen and oxygen atoms in total. The first kappa shape index (κ1) is 12.6. The Morgan fingerprint density at radius 2 is 2.00 bits per heavy atom. The van der Waals surface area contributed by atoms with Crippen molar-refractivity contribution in [3.63, 3.8) is 0 Å². The molecule has 4 heteroatoms. The second-order valence-electron chi connectivity index (χ2n) is 4.49. The van der Waals surface area contributed by atoms with E-state index in [1.807, 2.05) is 18.2 Å². The Bertz CT molecular complexity index is 412. The Hall–Kier alpha value is -0.870. The second-order valence-corrected chi connectivity index (χ2v) is 5.35. The lowest BCUT2D eigenvalue weighted by atomic mass is 10.1. The van der Waals surface area contributed by atoms with Gasteiger partial charge in [-0.05, 0) is 48.0 Å². The highest BCUT2D eigenvalue weighted by molar-refractivity contribution is 9.10. The van der Waals surface area contributed by atoms with Crippen LogP contribution in [0.25, 0.3) is 0 Å². The van der Waals surface area contributed by atoms with Crippen LogP contribution in [-0.2, 0) is 4.74 Å². The van der Waals surface area contributed by atoms with Gasteiger partial charge in [0.05, 0.1) is 17.9 Å². The number of halogens is 1. The summed E-state index contributed by atoms with van der Waals surface area (Å²) in [5.74, 6) is 0. The van der Waals surface area contributed by atoms with Gasteiger partial charge in [0.25, 0.3) is 0 Å². The highest BCUT2D eigenvalue weighted by atomic mass is 79.9. The number of aldehydes is 1. The van der Waals surface area contributed by atoms with Crippen molar-refractivity contribution in [2.75, 3.05) is 18.0 Å². The van der Waals surface area contributed by atoms with E-state index in [9.17, 15) is 4.79 Å². The minimum absolute atomic E-state index is 0.233. The molecular weight excluding hydrogens is 282 g/mol. The number of ether oxygens (including phenoxy) is 1. The molecule has 2 unspecified atom stereocenters. The molecule has 0 N–H and O–H groups in total. The summed E-state index contributed by atoms with van der Waals surface area (Å²) < 4.78 is 6.67. The van der Waals surface area contributed by atoms with E-state index in [0.29, 0.717) is 5.56 Å². The Kier molecular flexibility index (Phi) is 3.84. The molecule has 0 saturated carbocycles. The van der Waals surface area contributed by atoms with Crippen molar-refractivity contribution in [1.82, 2.24) is 0 Å². The summed E-state index contributed by atoms with van der Waals surface area (Å²) in [5, 5.41) is 0. The Balaban J connectivity index is 2.24. The van der Waals surface area contributed by atoms with Crippen LogP contribution in [0.3, 0.4) is 0 Å². The van der Waals surface area contributed by atoms with Gasteiger partial charge in [-0.25, -0.2) is 0 Å². The fraction of sp³-hybridized carbons (Fsp3) is 0.462. The average molecular weight is 298 g/mol. The summed E-state index contributed by atoms with van der Waals surface area (Å²) in [6, 6.07) is 5.68. The quantitative estimate of drug-likeness (QED) is 0.786. The van der Waals surface area contributed by atoms with Crippen molar-refractivity contribution < 1.29 is 9.53 Å². The Morgan fingerprint density at radius 1 is 1.35 bits per heavy atom. The number of hydrogen-bond acceptors (Lipinski definition) is 3. The minimum Gasteiger partial charge on any atom is -0.372 e. The third-order valence-corrected chi connectivity index (χ3v) is 3.50. The first-order valence-electron chi connectivity index (χ1n) is 5.75. The topological polar surface area (TPSA) is 29.5 Å². The van der Waals surface area contributed by atoms with Crippen LogP contribution in [0.2, 0.25) is 0 Å². The highest BCUT2D eigenvalue weighted by Gasteiger charge is 2.23. The number of carbonyl (C=O) groups excluding carboxylic acids is 1. The van der Waals surface area contributed by atoms with E-state index in [2.05, 4.69) is 34.7 Å². The molecule has 0 amide bonds. The Morgan fingerprint density at radius 3 is 2.53 bits per heavy atom. The summed E-state index contributed by atoms with van der Waals surface area (Å²) in [5.41, 5.74) is 1.81. The molecule has 0 aliphatic carbocycles. The van der Waals surface area contributed by atoms with Crippen LogP contribution < -0.4 is 4.90 Å². The zero-order chi connectivity index (χ0) is 12.4. The molecule has 1 aromatic carbocycles. The van der Waals surface area contributed by atoms with Gasteiger partial charge in [0.1, 0.15) is 6.29 Å². The van der Waals surface area contributed by atoms with Crippen LogP contribution in [-0.4, -0.2) is 31.6 Å². The lowest BCUT2D eigenvalue weighted by Gasteiger charge is -2.37. The summed E-state index contributed by atoms with van der Waals surface area (Å²) in [6.07, 6.45) is 1.33. The third-order valence-electron chi connectivity index (χ3n) is 2.87. The summed E-state index contributed by atoms with van der Waals surface area (Å²) in [6.45, 7) is 5.92. The van der Waals surface area contributed by atoms with Crippen molar-refractivity contribution in [1.29, 1.82) is 0 Å². The van der Waals surface area contributed by atoms with Gasteiger partial charge in [-0.15, -0.1) is 0 Å². The van der Waals surface area contributed by atoms with Crippen LogP contribution in [0, 0.1) is 0 Å². The first-order chi connectivity index (χ1) is 8.10. The molecule has 2 atom stereocenters. The number of morpholine rings is 1. The van der Waals surface area contributed by atoms with Crippen LogP contribution in [0.5, 0.6) is 0 Å². The maximum atomic E-state index is 10.7. The fourth-order valence-corrected chi connectivity index (χ4v) is 2.87. The summed E-state index contributed by atoms with van der Waals surface area (Å²) in [7, 11) is 0. The summed E-state index contributed by atoms with van der Waals surface area (Å²) in [4.78, 5) is 13.0. The maximum Gasteiger partial charge on any atom is 0.150 e. The molecule has 1 aliphatic rings. The normalized spacial score (nSPS) is 24.8. The van der Waals surface area contributed by atoms with Crippen molar-refractivity contribution in [2.24, 2.45) is 0 Å². The SMILES string of the molecule is CC1CN(c2ccc(C=O)cc2Br)CC(C)O1. The van der Waals surface area contributed by atoms with Gasteiger partial charge in [-0.1, -0.05) is 0 Å². The lowest BCUT2D eigenvalue weighted by molar-refractivity contribution is -0.00525. The van der Waals surface area contributed by atoms with Crippen LogP contribution >= 0.6 is 15.9 Å². The zero-order valence-corrected chi connectivity index (χ0v) is 11.6. The molecule has 1 aliphatic heterocycles. The fourth-order valence-electron chi connectivity index (χ4n) is 2.23. The first-order valence-corrected chi connectivity index (χ1v) is 6.54. The third kappa shape index (κ3) is 2.87. The number of rotatable bonds is 2. The number of benzene rings is 1. The highest BCUT2D eigenvalue weighted by Crippen LogP contribution is 2.29. The maximum absolute atomic E-state index is 10.7. The standard InChI is InChI=1S/C13H16BrNO2/c1-9-6-15(7-10(2)17-9)13-4-3-11(8-16)5-12(13)14/h3-5,8-10H,6-7H2,1-2H3. The number of anilines is 1. The van der Waals surface area contributed by atoms with Gasteiger partial charge in [0, 0.05) is 23.1 Å². The molecule has 0 spiro atoms. The van der Waals surface area contributed by atoms with E-state index in [-0.39, 0.29) is 12.2 Å². The van der Waals surface area contributed by atoms with Gasteiger partial charge in [0.2, 0.25) is 0 Å². The molecule has 0 radical (unpaired) electrons. The van der Waals surface area contributed by atoms with Crippen LogP contribution in [0.1, 0.15) is 24.2 Å². The molecule has 2 rings (SSSR count). The van der Waals surface area contributed by atoms with Gasteiger partial charge in [-0.3, -0.25) is 4.79 Å². The van der Waals surface area contributed by atoms with Crippen molar-refractivity contribution in [3.05, 3.63) is 28.2 Å². The molecule has 1 saturated heterocycles. The number of nitrogens with zero attached hydrogens (tertiary/aromatic N) is 1. The molecule has 0 bridgehead atoms. The van der Waals surface area contributed by atoms with Gasteiger partial charge in [0.15, 0.2) is 0 Å². The number of hydrogen-bond donors (Lipinski definition) is 0. The van der Waals surface area contributed by atoms with Gasteiger partial charge >= 0.3 is 0 Å². The van der Waals surface area contributed by atoms with Crippen molar-refractivity contribution >= 4 is 27.9 Å². The largest absolute Gasteiger partial charge is 0.372 e. The second kappa shape index (κ2) is 5.19. The van der Waals surface area contributed by atoms with E-state index in [4.69, 9.17) is 4.74 Å². The van der Waals surface area contributed by atoms with Gasteiger partial charge < -0.3 is 9.64 Å². The molecule has 92 valence electrons. The predicted octanol–water partition coefficient (Wildman–Crippen LogP) is 2.88. The van der Waals surface area contributed by atoms with Crippen LogP contribution in [0.4, 0.5) is 5.69 Å². The average Bonchev–Trinajstić information content (AvgIpc) is 2.27. The van der Waals surface area contributed by atoms with E-state index in [1.165, 1.54) is 0 Å². The smallest absolute Gasteiger partial charge is 0.150 e. The van der Waals surface area contributed by atoms with E-state index < -0.39 is 0 Å². The monoisotopic (exact) mass is 297 g/mol. The minimum atomic E-state index is 0.233. The molecule has 17 heavy (non-hydrogen) atoms. The van der Waals surface area contributed by atoms with Gasteiger partial charge in [-0.2, -0.15) is 0 Å².